The van der Waals surface area contributed by atoms with Crippen LogP contribution in [-0.2, 0) is 0 Å². The van der Waals surface area contributed by atoms with Gasteiger partial charge in [-0.05, 0) is 19.4 Å². The van der Waals surface area contributed by atoms with Crippen molar-refractivity contribution in [3.05, 3.63) is 18.1 Å². The Labute approximate surface area is 104 Å². The minimum atomic E-state index is 0.648. The van der Waals surface area contributed by atoms with Crippen molar-refractivity contribution in [1.82, 2.24) is 14.9 Å². The van der Waals surface area contributed by atoms with Crippen LogP contribution in [-0.4, -0.2) is 20.6 Å². The van der Waals surface area contributed by atoms with Crippen molar-refractivity contribution in [3.8, 4) is 11.4 Å². The second-order valence-electron chi connectivity index (χ2n) is 3.77. The lowest BCUT2D eigenvalue weighted by Gasteiger charge is -2.02. The third kappa shape index (κ3) is 2.46. The molecular weight excluding hydrogens is 236 g/mol. The van der Waals surface area contributed by atoms with Crippen molar-refractivity contribution in [2.24, 2.45) is 0 Å². The number of nitrogen functional groups attached to an aromatic ring is 1. The Kier molecular flexibility index (Phi) is 3.73. The van der Waals surface area contributed by atoms with Crippen molar-refractivity contribution in [2.45, 2.75) is 31.8 Å². The zero-order chi connectivity index (χ0) is 12.3. The Hall–Kier alpha value is -1.43. The third-order valence-electron chi connectivity index (χ3n) is 2.49. The molecule has 2 aromatic heterocycles. The fourth-order valence-electron chi connectivity index (χ4n) is 1.48. The van der Waals surface area contributed by atoms with Gasteiger partial charge in [-0.15, -0.1) is 10.2 Å². The average molecular weight is 252 g/mol. The summed E-state index contributed by atoms with van der Waals surface area (Å²) in [5.41, 5.74) is 0.891. The highest BCUT2D eigenvalue weighted by Gasteiger charge is 2.15. The van der Waals surface area contributed by atoms with E-state index in [4.69, 9.17) is 10.3 Å². The van der Waals surface area contributed by atoms with Gasteiger partial charge in [0.05, 0.1) is 11.8 Å². The molecule has 0 amide bonds. The predicted octanol–water partition coefficient (Wildman–Crippen LogP) is 2.45. The lowest BCUT2D eigenvalue weighted by atomic mass is 10.2. The van der Waals surface area contributed by atoms with Crippen molar-refractivity contribution in [3.63, 3.8) is 0 Å². The van der Waals surface area contributed by atoms with Gasteiger partial charge in [-0.2, -0.15) is 0 Å². The predicted molar refractivity (Wildman–Crippen MR) is 68.2 cm³/mol. The summed E-state index contributed by atoms with van der Waals surface area (Å²) < 4.78 is 6.76. The van der Waals surface area contributed by atoms with Crippen LogP contribution < -0.4 is 5.84 Å². The third-order valence-corrected chi connectivity index (χ3v) is 3.52. The van der Waals surface area contributed by atoms with Gasteiger partial charge in [0.2, 0.25) is 5.16 Å². The summed E-state index contributed by atoms with van der Waals surface area (Å²) >= 11 is 1.63. The number of nitrogens with two attached hydrogens (primary N) is 1. The summed E-state index contributed by atoms with van der Waals surface area (Å²) in [6.45, 7) is 4.04. The molecule has 17 heavy (non-hydrogen) atoms. The van der Waals surface area contributed by atoms with E-state index in [0.29, 0.717) is 5.82 Å². The fourth-order valence-corrected chi connectivity index (χ4v) is 2.42. The molecule has 0 aliphatic heterocycles. The second-order valence-corrected chi connectivity index (χ2v) is 4.83. The van der Waals surface area contributed by atoms with E-state index in [0.717, 1.165) is 28.7 Å². The molecule has 0 bridgehead atoms. The molecule has 2 rings (SSSR count). The topological polar surface area (TPSA) is 69.9 Å². The van der Waals surface area contributed by atoms with Gasteiger partial charge in [0, 0.05) is 5.75 Å². The molecule has 0 unspecified atom stereocenters. The van der Waals surface area contributed by atoms with Crippen LogP contribution in [0.5, 0.6) is 0 Å². The molecule has 0 saturated heterocycles. The van der Waals surface area contributed by atoms with E-state index in [1.165, 1.54) is 11.1 Å². The molecule has 0 atom stereocenters. The maximum Gasteiger partial charge on any atom is 0.210 e. The van der Waals surface area contributed by atoms with Crippen molar-refractivity contribution in [1.29, 1.82) is 0 Å². The molecule has 2 heterocycles. The summed E-state index contributed by atoms with van der Waals surface area (Å²) in [5.74, 6) is 8.43. The highest BCUT2D eigenvalue weighted by molar-refractivity contribution is 7.99. The lowest BCUT2D eigenvalue weighted by Crippen LogP contribution is -2.11. The molecule has 92 valence electrons. The van der Waals surface area contributed by atoms with E-state index in [9.17, 15) is 0 Å². The number of furan rings is 1. The van der Waals surface area contributed by atoms with Crippen molar-refractivity contribution in [2.75, 3.05) is 11.6 Å². The number of hydrogen-bond acceptors (Lipinski definition) is 5. The first kappa shape index (κ1) is 12.0. The molecule has 0 fully saturated rings. The van der Waals surface area contributed by atoms with E-state index in [-0.39, 0.29) is 0 Å². The molecule has 0 aromatic carbocycles. The van der Waals surface area contributed by atoms with Crippen LogP contribution >= 0.6 is 11.8 Å². The molecule has 2 N–H and O–H groups in total. The smallest absolute Gasteiger partial charge is 0.210 e. The summed E-state index contributed by atoms with van der Waals surface area (Å²) in [6.07, 6.45) is 3.94. The first-order chi connectivity index (χ1) is 8.24. The minimum absolute atomic E-state index is 0.648. The van der Waals surface area contributed by atoms with Gasteiger partial charge < -0.3 is 10.3 Å². The van der Waals surface area contributed by atoms with Gasteiger partial charge in [0.1, 0.15) is 5.76 Å². The van der Waals surface area contributed by atoms with Gasteiger partial charge in [0.25, 0.3) is 0 Å². The maximum absolute atomic E-state index is 5.97. The van der Waals surface area contributed by atoms with Gasteiger partial charge in [0.15, 0.2) is 5.82 Å². The van der Waals surface area contributed by atoms with E-state index in [2.05, 4.69) is 17.1 Å². The molecule has 6 heteroatoms. The Morgan fingerprint density at radius 2 is 2.29 bits per heavy atom. The summed E-state index contributed by atoms with van der Waals surface area (Å²) in [6, 6.07) is 1.85. The lowest BCUT2D eigenvalue weighted by molar-refractivity contribution is 0.535. The van der Waals surface area contributed by atoms with Gasteiger partial charge in [-0.1, -0.05) is 25.1 Å². The van der Waals surface area contributed by atoms with Crippen molar-refractivity contribution < 1.29 is 4.42 Å². The number of aromatic nitrogens is 3. The van der Waals surface area contributed by atoms with Crippen LogP contribution in [0.25, 0.3) is 11.4 Å². The van der Waals surface area contributed by atoms with E-state index >= 15 is 0 Å². The van der Waals surface area contributed by atoms with Gasteiger partial charge in [-0.25, -0.2) is 4.68 Å². The van der Waals surface area contributed by atoms with Crippen LogP contribution in [0, 0.1) is 6.92 Å². The van der Waals surface area contributed by atoms with E-state index in [1.54, 1.807) is 18.0 Å². The molecule has 0 aliphatic rings. The number of unbranched alkanes of at least 4 members (excludes halogenated alkanes) is 1. The SMILES string of the molecule is CCCCSc1nnc(-c2ccoc2C)n1N. The summed E-state index contributed by atoms with van der Waals surface area (Å²) in [5, 5.41) is 8.94. The molecule has 2 aromatic rings. The second kappa shape index (κ2) is 5.27. The molecule has 0 spiro atoms. The average Bonchev–Trinajstić information content (AvgIpc) is 2.87. The Morgan fingerprint density at radius 1 is 1.47 bits per heavy atom. The molecular formula is C11H16N4OS. The molecule has 5 nitrogen and oxygen atoms in total. The van der Waals surface area contributed by atoms with E-state index < -0.39 is 0 Å². The van der Waals surface area contributed by atoms with Crippen molar-refractivity contribution >= 4 is 11.8 Å². The van der Waals surface area contributed by atoms with E-state index in [1.807, 2.05) is 13.0 Å². The maximum atomic E-state index is 5.97. The Balaban J connectivity index is 2.18. The number of thioether (sulfide) groups is 1. The highest BCUT2D eigenvalue weighted by Crippen LogP contribution is 2.25. The van der Waals surface area contributed by atoms with Crippen LogP contribution in [0.1, 0.15) is 25.5 Å². The summed E-state index contributed by atoms with van der Waals surface area (Å²) in [4.78, 5) is 0. The first-order valence-electron chi connectivity index (χ1n) is 5.61. The highest BCUT2D eigenvalue weighted by atomic mass is 32.2. The van der Waals surface area contributed by atoms with Crippen LogP contribution in [0.4, 0.5) is 0 Å². The Bertz CT molecular complexity index is 491. The zero-order valence-electron chi connectivity index (χ0n) is 10.0. The number of rotatable bonds is 5. The van der Waals surface area contributed by atoms with Crippen LogP contribution in [0.2, 0.25) is 0 Å². The number of hydrogen-bond donors (Lipinski definition) is 1. The molecule has 0 aliphatic carbocycles. The van der Waals surface area contributed by atoms with Gasteiger partial charge >= 0.3 is 0 Å². The largest absolute Gasteiger partial charge is 0.469 e. The molecule has 0 saturated carbocycles. The summed E-state index contributed by atoms with van der Waals surface area (Å²) in [7, 11) is 0. The monoisotopic (exact) mass is 252 g/mol. The molecule has 0 radical (unpaired) electrons. The fraction of sp³-hybridized carbons (Fsp3) is 0.455. The van der Waals surface area contributed by atoms with Gasteiger partial charge in [-0.3, -0.25) is 0 Å². The quantitative estimate of drug-likeness (QED) is 0.503. The normalized spacial score (nSPS) is 10.9. The zero-order valence-corrected chi connectivity index (χ0v) is 10.8. The Morgan fingerprint density at radius 3 is 2.94 bits per heavy atom. The van der Waals surface area contributed by atoms with Crippen LogP contribution in [0.15, 0.2) is 21.9 Å². The first-order valence-corrected chi connectivity index (χ1v) is 6.60. The van der Waals surface area contributed by atoms with Crippen LogP contribution in [0.3, 0.4) is 0 Å². The number of nitrogens with zero attached hydrogens (tertiary/aromatic N) is 3. The number of aryl methyl sites for hydroxylation is 1. The minimum Gasteiger partial charge on any atom is -0.469 e. The standard InChI is InChI=1S/C11H16N4OS/c1-3-4-7-17-11-14-13-10(15(11)12)9-5-6-16-8(9)2/h5-6H,3-4,7,12H2,1-2H3.